The monoisotopic (exact) mass is 503 g/mol. The third kappa shape index (κ3) is 6.05. The normalized spacial score (nSPS) is 13.6. The van der Waals surface area contributed by atoms with E-state index in [4.69, 9.17) is 9.15 Å². The van der Waals surface area contributed by atoms with E-state index in [1.54, 1.807) is 36.4 Å². The number of benzene rings is 2. The number of carboxylic acids is 1. The number of hydrogen-bond acceptors (Lipinski definition) is 10. The van der Waals surface area contributed by atoms with E-state index in [1.165, 1.54) is 30.5 Å². The molecular formula is C25H22FN7O4. The quantitative estimate of drug-likeness (QED) is 0.239. The molecule has 188 valence electrons. The molecular weight excluding hydrogens is 481 g/mol. The Labute approximate surface area is 210 Å². The molecule has 0 aliphatic carbocycles. The van der Waals surface area contributed by atoms with Crippen LogP contribution in [0.15, 0.2) is 70.2 Å². The lowest BCUT2D eigenvalue weighted by Crippen LogP contribution is -2.37. The first-order valence-electron chi connectivity index (χ1n) is 11.4. The van der Waals surface area contributed by atoms with E-state index in [-0.39, 0.29) is 23.3 Å². The van der Waals surface area contributed by atoms with Crippen molar-refractivity contribution in [3.05, 3.63) is 77.8 Å². The summed E-state index contributed by atoms with van der Waals surface area (Å²) in [6.45, 7) is 2.37. The van der Waals surface area contributed by atoms with Gasteiger partial charge in [0.2, 0.25) is 17.8 Å². The predicted molar refractivity (Wildman–Crippen MR) is 135 cm³/mol. The molecule has 0 saturated carbocycles. The van der Waals surface area contributed by atoms with Crippen LogP contribution in [0.25, 0.3) is 11.3 Å². The Kier molecular flexibility index (Phi) is 6.99. The first kappa shape index (κ1) is 23.9. The SMILES string of the molecule is O=C(O)c1cccc(-c2ccc(/C=N/Nc3nc(Nc4ccc(F)cc4)nc(N4CCOCC4)n3)o2)c1. The van der Waals surface area contributed by atoms with E-state index in [2.05, 4.69) is 30.8 Å². The van der Waals surface area contributed by atoms with Crippen molar-refractivity contribution in [3.8, 4) is 11.3 Å². The molecule has 0 radical (unpaired) electrons. The number of nitrogens with zero attached hydrogens (tertiary/aromatic N) is 5. The molecule has 4 aromatic rings. The third-order valence-corrected chi connectivity index (χ3v) is 5.40. The fourth-order valence-corrected chi connectivity index (χ4v) is 3.57. The predicted octanol–water partition coefficient (Wildman–Crippen LogP) is 4.00. The number of carbonyl (C=O) groups is 1. The summed E-state index contributed by atoms with van der Waals surface area (Å²) in [5.74, 6) is 0.487. The number of aromatic carboxylic acids is 1. The molecule has 0 unspecified atom stereocenters. The number of hydrogen-bond donors (Lipinski definition) is 3. The highest BCUT2D eigenvalue weighted by Crippen LogP contribution is 2.23. The number of rotatable bonds is 8. The van der Waals surface area contributed by atoms with Gasteiger partial charge < -0.3 is 24.5 Å². The van der Waals surface area contributed by atoms with Gasteiger partial charge in [0.15, 0.2) is 0 Å². The average molecular weight is 503 g/mol. The minimum Gasteiger partial charge on any atom is -0.478 e. The summed E-state index contributed by atoms with van der Waals surface area (Å²) in [6, 6.07) is 15.7. The highest BCUT2D eigenvalue weighted by molar-refractivity contribution is 5.89. The van der Waals surface area contributed by atoms with Gasteiger partial charge in [-0.05, 0) is 48.5 Å². The number of furan rings is 1. The van der Waals surface area contributed by atoms with Gasteiger partial charge in [-0.15, -0.1) is 0 Å². The first-order chi connectivity index (χ1) is 18.0. The minimum atomic E-state index is -1.01. The van der Waals surface area contributed by atoms with Crippen LogP contribution in [-0.2, 0) is 4.74 Å². The number of ether oxygens (including phenoxy) is 1. The standard InChI is InChI=1S/C25H22FN7O4/c26-18-4-6-19(7-5-18)28-23-29-24(31-25(30-23)33-10-12-36-13-11-33)32-27-15-20-8-9-21(37-20)16-2-1-3-17(14-16)22(34)35/h1-9,14-15H,10-13H2,(H,34,35)(H2,28,29,30,31,32)/b27-15+. The van der Waals surface area contributed by atoms with Gasteiger partial charge in [0.05, 0.1) is 25.0 Å². The highest BCUT2D eigenvalue weighted by Gasteiger charge is 2.17. The summed E-state index contributed by atoms with van der Waals surface area (Å²) < 4.78 is 24.5. The van der Waals surface area contributed by atoms with Crippen LogP contribution < -0.4 is 15.6 Å². The second-order valence-corrected chi connectivity index (χ2v) is 7.97. The van der Waals surface area contributed by atoms with Crippen molar-refractivity contribution in [2.45, 2.75) is 0 Å². The molecule has 2 aromatic heterocycles. The van der Waals surface area contributed by atoms with E-state index >= 15 is 0 Å². The fraction of sp³-hybridized carbons (Fsp3) is 0.160. The van der Waals surface area contributed by atoms with Crippen LogP contribution in [0.1, 0.15) is 16.1 Å². The maximum Gasteiger partial charge on any atom is 0.335 e. The van der Waals surface area contributed by atoms with Gasteiger partial charge in [-0.2, -0.15) is 20.1 Å². The summed E-state index contributed by atoms with van der Waals surface area (Å²) in [5.41, 5.74) is 4.21. The lowest BCUT2D eigenvalue weighted by atomic mass is 10.1. The van der Waals surface area contributed by atoms with Crippen LogP contribution in [0.2, 0.25) is 0 Å². The molecule has 1 aliphatic heterocycles. The van der Waals surface area contributed by atoms with Crippen LogP contribution in [0.4, 0.5) is 27.9 Å². The summed E-state index contributed by atoms with van der Waals surface area (Å²) >= 11 is 0. The average Bonchev–Trinajstić information content (AvgIpc) is 3.39. The summed E-state index contributed by atoms with van der Waals surface area (Å²) in [4.78, 5) is 26.5. The van der Waals surface area contributed by atoms with Crippen molar-refractivity contribution in [1.82, 2.24) is 15.0 Å². The van der Waals surface area contributed by atoms with Crippen molar-refractivity contribution < 1.29 is 23.4 Å². The first-order valence-corrected chi connectivity index (χ1v) is 11.4. The maximum atomic E-state index is 13.3. The molecule has 1 saturated heterocycles. The zero-order chi connectivity index (χ0) is 25.6. The lowest BCUT2D eigenvalue weighted by molar-refractivity contribution is 0.0697. The van der Waals surface area contributed by atoms with Crippen LogP contribution in [0.3, 0.4) is 0 Å². The molecule has 3 heterocycles. The summed E-state index contributed by atoms with van der Waals surface area (Å²) in [6.07, 6.45) is 1.45. The van der Waals surface area contributed by atoms with Crippen LogP contribution >= 0.6 is 0 Å². The Morgan fingerprint density at radius 2 is 1.81 bits per heavy atom. The van der Waals surface area contributed by atoms with E-state index in [0.717, 1.165) is 0 Å². The van der Waals surface area contributed by atoms with E-state index in [0.29, 0.717) is 55.0 Å². The van der Waals surface area contributed by atoms with Crippen LogP contribution in [0, 0.1) is 5.82 Å². The van der Waals surface area contributed by atoms with Crippen molar-refractivity contribution >= 4 is 35.7 Å². The molecule has 5 rings (SSSR count). The Hall–Kier alpha value is -4.84. The Bertz CT molecular complexity index is 1420. The van der Waals surface area contributed by atoms with Gasteiger partial charge in [0.25, 0.3) is 0 Å². The van der Waals surface area contributed by atoms with E-state index in [9.17, 15) is 14.3 Å². The molecule has 12 heteroatoms. The van der Waals surface area contributed by atoms with Gasteiger partial charge in [-0.25, -0.2) is 14.6 Å². The number of halogens is 1. The minimum absolute atomic E-state index is 0.168. The zero-order valence-corrected chi connectivity index (χ0v) is 19.5. The summed E-state index contributed by atoms with van der Waals surface area (Å²) in [5, 5.41) is 16.4. The largest absolute Gasteiger partial charge is 0.478 e. The molecule has 3 N–H and O–H groups in total. The third-order valence-electron chi connectivity index (χ3n) is 5.40. The molecule has 1 aliphatic rings. The maximum absolute atomic E-state index is 13.3. The van der Waals surface area contributed by atoms with Crippen molar-refractivity contribution in [2.75, 3.05) is 41.9 Å². The Morgan fingerprint density at radius 3 is 2.59 bits per heavy atom. The van der Waals surface area contributed by atoms with Gasteiger partial charge in [0.1, 0.15) is 17.3 Å². The van der Waals surface area contributed by atoms with E-state index < -0.39 is 5.97 Å². The van der Waals surface area contributed by atoms with Crippen LogP contribution in [0.5, 0.6) is 0 Å². The molecule has 2 aromatic carbocycles. The smallest absolute Gasteiger partial charge is 0.335 e. The number of anilines is 4. The molecule has 1 fully saturated rings. The number of morpholine rings is 1. The second-order valence-electron chi connectivity index (χ2n) is 7.97. The Morgan fingerprint density at radius 1 is 1.03 bits per heavy atom. The topological polar surface area (TPSA) is 138 Å². The lowest BCUT2D eigenvalue weighted by Gasteiger charge is -2.27. The fourth-order valence-electron chi connectivity index (χ4n) is 3.57. The van der Waals surface area contributed by atoms with Gasteiger partial charge in [-0.1, -0.05) is 12.1 Å². The zero-order valence-electron chi connectivity index (χ0n) is 19.5. The molecule has 0 spiro atoms. The second kappa shape index (κ2) is 10.8. The van der Waals surface area contributed by atoms with Gasteiger partial charge >= 0.3 is 5.97 Å². The Balaban J connectivity index is 1.33. The van der Waals surface area contributed by atoms with Crippen molar-refractivity contribution in [1.29, 1.82) is 0 Å². The van der Waals surface area contributed by atoms with Crippen molar-refractivity contribution in [2.24, 2.45) is 5.10 Å². The molecule has 0 bridgehead atoms. The number of carboxylic acid groups (broad SMARTS) is 1. The highest BCUT2D eigenvalue weighted by atomic mass is 19.1. The van der Waals surface area contributed by atoms with E-state index in [1.807, 2.05) is 4.90 Å². The molecule has 0 atom stereocenters. The number of aromatic nitrogens is 3. The number of hydrazone groups is 1. The van der Waals surface area contributed by atoms with Crippen LogP contribution in [-0.4, -0.2) is 58.5 Å². The molecule has 0 amide bonds. The van der Waals surface area contributed by atoms with Crippen molar-refractivity contribution in [3.63, 3.8) is 0 Å². The molecule has 11 nitrogen and oxygen atoms in total. The molecule has 37 heavy (non-hydrogen) atoms. The van der Waals surface area contributed by atoms with Gasteiger partial charge in [0, 0.05) is 24.3 Å². The summed E-state index contributed by atoms with van der Waals surface area (Å²) in [7, 11) is 0. The number of nitrogens with one attached hydrogen (secondary N) is 2. The van der Waals surface area contributed by atoms with Gasteiger partial charge in [-0.3, -0.25) is 0 Å².